The predicted octanol–water partition coefficient (Wildman–Crippen LogP) is 3.90. The van der Waals surface area contributed by atoms with Crippen LogP contribution >= 0.6 is 0 Å². The molecule has 5 aliphatic rings. The summed E-state index contributed by atoms with van der Waals surface area (Å²) in [7, 11) is 0. The van der Waals surface area contributed by atoms with E-state index in [1.807, 2.05) is 17.1 Å². The summed E-state index contributed by atoms with van der Waals surface area (Å²) in [5.74, 6) is 1.59. The fourth-order valence-electron chi connectivity index (χ4n) is 5.96. The molecule has 5 rings (SSSR count). The zero-order chi connectivity index (χ0) is 23.0. The first-order valence-corrected chi connectivity index (χ1v) is 12.6. The van der Waals surface area contributed by atoms with Gasteiger partial charge in [0.15, 0.2) is 5.76 Å². The third-order valence-electron chi connectivity index (χ3n) is 8.35. The number of nitrogens with zero attached hydrogens (tertiary/aromatic N) is 2. The molecule has 4 atom stereocenters. The fourth-order valence-corrected chi connectivity index (χ4v) is 5.96. The second kappa shape index (κ2) is 8.99. The summed E-state index contributed by atoms with van der Waals surface area (Å²) < 4.78 is 5.73. The number of carbonyl (C=O) groups excluding carboxylic acids is 2. The molecule has 0 aromatic carbocycles. The SMILES string of the molecule is CCC1=C(NC(=O)N2CCC3(CC2)CC3CNC(=O)C2=CC3C=CN=CC3O2)CCC(C)C1. The summed E-state index contributed by atoms with van der Waals surface area (Å²) in [4.78, 5) is 31.5. The molecule has 0 aromatic heterocycles. The number of carbonyl (C=O) groups is 2. The number of nitrogens with one attached hydrogen (secondary N) is 2. The molecule has 2 fully saturated rings. The first-order valence-electron chi connectivity index (χ1n) is 12.6. The Morgan fingerprint density at radius 1 is 1.30 bits per heavy atom. The van der Waals surface area contributed by atoms with Crippen LogP contribution in [0.4, 0.5) is 4.79 Å². The minimum Gasteiger partial charge on any atom is -0.478 e. The maximum absolute atomic E-state index is 12.9. The van der Waals surface area contributed by atoms with Crippen molar-refractivity contribution in [2.24, 2.45) is 28.2 Å². The van der Waals surface area contributed by atoms with Gasteiger partial charge in [0.2, 0.25) is 0 Å². The minimum absolute atomic E-state index is 0.0650. The molecule has 0 radical (unpaired) electrons. The number of likely N-dealkylation sites (tertiary alicyclic amines) is 1. The Bertz CT molecular complexity index is 926. The quantitative estimate of drug-likeness (QED) is 0.664. The van der Waals surface area contributed by atoms with E-state index in [0.29, 0.717) is 24.1 Å². The van der Waals surface area contributed by atoms with Crippen molar-refractivity contribution >= 4 is 18.2 Å². The Kier molecular flexibility index (Phi) is 6.06. The van der Waals surface area contributed by atoms with E-state index >= 15 is 0 Å². The van der Waals surface area contributed by atoms with Gasteiger partial charge in [0, 0.05) is 43.7 Å². The molecule has 3 aliphatic heterocycles. The van der Waals surface area contributed by atoms with Crippen LogP contribution in [-0.4, -0.2) is 48.8 Å². The predicted molar refractivity (Wildman–Crippen MR) is 127 cm³/mol. The molecule has 2 aliphatic carbocycles. The Morgan fingerprint density at radius 2 is 2.12 bits per heavy atom. The number of piperidine rings is 1. The second-order valence-corrected chi connectivity index (χ2v) is 10.5. The first kappa shape index (κ1) is 22.2. The van der Waals surface area contributed by atoms with E-state index in [9.17, 15) is 9.59 Å². The highest BCUT2D eigenvalue weighted by Gasteiger charge is 2.55. The van der Waals surface area contributed by atoms with Gasteiger partial charge in [-0.3, -0.25) is 9.79 Å². The van der Waals surface area contributed by atoms with Gasteiger partial charge in [-0.15, -0.1) is 0 Å². The molecule has 7 nitrogen and oxygen atoms in total. The van der Waals surface area contributed by atoms with Crippen LogP contribution < -0.4 is 10.6 Å². The van der Waals surface area contributed by atoms with Crippen molar-refractivity contribution in [1.29, 1.82) is 0 Å². The number of hydrogen-bond donors (Lipinski definition) is 2. The highest BCUT2D eigenvalue weighted by molar-refractivity contribution is 5.92. The van der Waals surface area contributed by atoms with Crippen LogP contribution in [0.1, 0.15) is 58.8 Å². The van der Waals surface area contributed by atoms with Crippen LogP contribution in [0.2, 0.25) is 0 Å². The van der Waals surface area contributed by atoms with Crippen LogP contribution in [-0.2, 0) is 9.53 Å². The van der Waals surface area contributed by atoms with Crippen molar-refractivity contribution in [1.82, 2.24) is 15.5 Å². The fraction of sp³-hybridized carbons (Fsp3) is 0.654. The molecule has 3 amide bonds. The third kappa shape index (κ3) is 4.59. The Hall–Kier alpha value is -2.57. The topological polar surface area (TPSA) is 83.0 Å². The van der Waals surface area contributed by atoms with Gasteiger partial charge in [-0.05, 0) is 68.3 Å². The number of urea groups is 1. The second-order valence-electron chi connectivity index (χ2n) is 10.5. The van der Waals surface area contributed by atoms with Crippen LogP contribution in [0.5, 0.6) is 0 Å². The van der Waals surface area contributed by atoms with Crippen molar-refractivity contribution < 1.29 is 14.3 Å². The molecule has 0 bridgehead atoms. The smallest absolute Gasteiger partial charge is 0.321 e. The summed E-state index contributed by atoms with van der Waals surface area (Å²) in [6, 6.07) is 0.0650. The molecule has 2 N–H and O–H groups in total. The van der Waals surface area contributed by atoms with E-state index in [2.05, 4.69) is 29.5 Å². The molecular formula is C26H36N4O3. The van der Waals surface area contributed by atoms with Gasteiger partial charge in [-0.1, -0.05) is 25.5 Å². The molecule has 1 saturated heterocycles. The molecular weight excluding hydrogens is 416 g/mol. The zero-order valence-electron chi connectivity index (χ0n) is 19.8. The average molecular weight is 453 g/mol. The third-order valence-corrected chi connectivity index (χ3v) is 8.35. The van der Waals surface area contributed by atoms with Crippen LogP contribution in [0.25, 0.3) is 0 Å². The van der Waals surface area contributed by atoms with Crippen molar-refractivity contribution in [3.8, 4) is 0 Å². The number of amides is 3. The maximum atomic E-state index is 12.9. The normalized spacial score (nSPS) is 31.7. The Balaban J connectivity index is 1.07. The number of rotatable bonds is 5. The number of fused-ring (bicyclic) bond motifs is 1. The largest absolute Gasteiger partial charge is 0.478 e. The molecule has 3 heterocycles. The molecule has 178 valence electrons. The standard InChI is InChI=1S/C26H36N4O3/c1-3-18-12-17(2)4-5-21(18)29-25(32)30-10-7-26(8-11-30)14-20(26)15-28-24(31)22-13-19-6-9-27-16-23(19)33-22/h6,9,13,16-17,19-20,23H,3-5,7-8,10-12,14-15H2,1-2H3,(H,28,31)(H,29,32). The molecule has 1 saturated carbocycles. The lowest BCUT2D eigenvalue weighted by Gasteiger charge is -2.34. The number of allylic oxidation sites excluding steroid dienone is 2. The van der Waals surface area contributed by atoms with E-state index in [-0.39, 0.29) is 29.4 Å². The summed E-state index contributed by atoms with van der Waals surface area (Å²) in [5, 5.41) is 6.31. The van der Waals surface area contributed by atoms with Gasteiger partial charge in [0.25, 0.3) is 5.91 Å². The molecule has 7 heteroatoms. The van der Waals surface area contributed by atoms with Crippen LogP contribution in [0.15, 0.2) is 40.4 Å². The van der Waals surface area contributed by atoms with E-state index in [0.717, 1.165) is 63.7 Å². The molecule has 1 spiro atoms. The van der Waals surface area contributed by atoms with Crippen molar-refractivity contribution in [2.75, 3.05) is 19.6 Å². The van der Waals surface area contributed by atoms with Crippen LogP contribution in [0, 0.1) is 23.2 Å². The highest BCUT2D eigenvalue weighted by atomic mass is 16.5. The lowest BCUT2D eigenvalue weighted by atomic mass is 9.87. The number of hydrogen-bond acceptors (Lipinski definition) is 4. The summed E-state index contributed by atoms with van der Waals surface area (Å²) in [6.45, 7) is 6.75. The van der Waals surface area contributed by atoms with E-state index < -0.39 is 0 Å². The van der Waals surface area contributed by atoms with Crippen molar-refractivity contribution in [3.05, 3.63) is 35.4 Å². The monoisotopic (exact) mass is 452 g/mol. The highest BCUT2D eigenvalue weighted by Crippen LogP contribution is 2.59. The zero-order valence-corrected chi connectivity index (χ0v) is 19.8. The molecule has 4 unspecified atom stereocenters. The van der Waals surface area contributed by atoms with Gasteiger partial charge in [-0.25, -0.2) is 4.79 Å². The van der Waals surface area contributed by atoms with E-state index in [1.165, 1.54) is 5.57 Å². The Labute approximate surface area is 196 Å². The molecule has 0 aromatic rings. The summed E-state index contributed by atoms with van der Waals surface area (Å²) in [6.07, 6.45) is 14.6. The van der Waals surface area contributed by atoms with E-state index in [1.54, 1.807) is 12.4 Å². The average Bonchev–Trinajstić information content (AvgIpc) is 3.30. The maximum Gasteiger partial charge on any atom is 0.321 e. The van der Waals surface area contributed by atoms with Gasteiger partial charge in [0.1, 0.15) is 6.10 Å². The van der Waals surface area contributed by atoms with Crippen LogP contribution in [0.3, 0.4) is 0 Å². The lowest BCUT2D eigenvalue weighted by molar-refractivity contribution is -0.120. The summed E-state index contributed by atoms with van der Waals surface area (Å²) >= 11 is 0. The Morgan fingerprint density at radius 3 is 2.88 bits per heavy atom. The summed E-state index contributed by atoms with van der Waals surface area (Å²) in [5.41, 5.74) is 2.86. The lowest BCUT2D eigenvalue weighted by Crippen LogP contribution is -2.45. The van der Waals surface area contributed by atoms with Gasteiger partial charge < -0.3 is 20.3 Å². The van der Waals surface area contributed by atoms with Gasteiger partial charge in [0.05, 0.1) is 0 Å². The van der Waals surface area contributed by atoms with Crippen molar-refractivity contribution in [3.63, 3.8) is 0 Å². The first-order chi connectivity index (χ1) is 16.0. The molecule has 33 heavy (non-hydrogen) atoms. The van der Waals surface area contributed by atoms with Crippen molar-refractivity contribution in [2.45, 2.75) is 64.9 Å². The van der Waals surface area contributed by atoms with Gasteiger partial charge >= 0.3 is 6.03 Å². The minimum atomic E-state index is -0.153. The van der Waals surface area contributed by atoms with Gasteiger partial charge in [-0.2, -0.15) is 0 Å². The van der Waals surface area contributed by atoms with E-state index in [4.69, 9.17) is 4.74 Å². The number of ether oxygens (including phenoxy) is 1. The number of aliphatic imine (C=N–C) groups is 1.